The zero-order valence-corrected chi connectivity index (χ0v) is 18.7. The average Bonchev–Trinajstić information content (AvgIpc) is 3.14. The van der Waals surface area contributed by atoms with Gasteiger partial charge in [0.1, 0.15) is 29.7 Å². The monoisotopic (exact) mass is 456 g/mol. The summed E-state index contributed by atoms with van der Waals surface area (Å²) in [6.07, 6.45) is 3.18. The molecule has 2 heterocycles. The van der Waals surface area contributed by atoms with Gasteiger partial charge in [-0.1, -0.05) is 30.9 Å². The second-order valence-electron chi connectivity index (χ2n) is 7.48. The molecule has 2 aromatic carbocycles. The second-order valence-corrected chi connectivity index (χ2v) is 7.48. The number of pyridine rings is 1. The topological polar surface area (TPSA) is 89.0 Å². The van der Waals surface area contributed by atoms with E-state index in [0.717, 1.165) is 0 Å². The Morgan fingerprint density at radius 2 is 1.71 bits per heavy atom. The van der Waals surface area contributed by atoms with Gasteiger partial charge in [0.25, 0.3) is 5.78 Å². The van der Waals surface area contributed by atoms with Crippen LogP contribution in [-0.2, 0) is 9.59 Å². The standard InChI is InChI=1S/C27H24N2O5/c1-3-17-34-21-14-10-19(11-15-21)25(30)23-24(18-8-12-20(13-9-18)33-4-2)29(27(32)26(23)31)22-7-5-6-16-28-22/h3,5-16,24,30H,1,4,17H2,2H3/t24-/m1/s1. The molecule has 0 bridgehead atoms. The van der Waals surface area contributed by atoms with Crippen molar-refractivity contribution in [1.82, 2.24) is 4.98 Å². The molecule has 1 aromatic heterocycles. The molecule has 1 N–H and O–H groups in total. The fourth-order valence-corrected chi connectivity index (χ4v) is 3.81. The predicted octanol–water partition coefficient (Wildman–Crippen LogP) is 4.67. The zero-order chi connectivity index (χ0) is 24.1. The summed E-state index contributed by atoms with van der Waals surface area (Å²) in [5, 5.41) is 11.2. The van der Waals surface area contributed by atoms with Gasteiger partial charge >= 0.3 is 5.91 Å². The van der Waals surface area contributed by atoms with E-state index in [-0.39, 0.29) is 11.3 Å². The Hall–Kier alpha value is -4.39. The summed E-state index contributed by atoms with van der Waals surface area (Å²) in [4.78, 5) is 31.9. The average molecular weight is 456 g/mol. The summed E-state index contributed by atoms with van der Waals surface area (Å²) >= 11 is 0. The highest BCUT2D eigenvalue weighted by molar-refractivity contribution is 6.51. The van der Waals surface area contributed by atoms with Gasteiger partial charge in [0.15, 0.2) is 0 Å². The molecule has 1 fully saturated rings. The molecule has 0 aliphatic carbocycles. The van der Waals surface area contributed by atoms with Gasteiger partial charge in [0.05, 0.1) is 18.2 Å². The lowest BCUT2D eigenvalue weighted by Crippen LogP contribution is -2.30. The maximum atomic E-state index is 13.2. The van der Waals surface area contributed by atoms with Gasteiger partial charge in [0.2, 0.25) is 0 Å². The van der Waals surface area contributed by atoms with Crippen LogP contribution in [0.15, 0.2) is 91.2 Å². The molecule has 7 nitrogen and oxygen atoms in total. The number of hydrogen-bond acceptors (Lipinski definition) is 6. The smallest absolute Gasteiger partial charge is 0.301 e. The molecule has 4 rings (SSSR count). The van der Waals surface area contributed by atoms with E-state index in [2.05, 4.69) is 11.6 Å². The SMILES string of the molecule is C=CCOc1ccc(C(O)=C2C(=O)C(=O)N(c3ccccn3)[C@@H]2c2ccc(OCC)cc2)cc1. The lowest BCUT2D eigenvalue weighted by molar-refractivity contribution is -0.132. The van der Waals surface area contributed by atoms with Crippen molar-refractivity contribution in [2.45, 2.75) is 13.0 Å². The highest BCUT2D eigenvalue weighted by Crippen LogP contribution is 2.41. The van der Waals surface area contributed by atoms with E-state index in [1.54, 1.807) is 79.0 Å². The van der Waals surface area contributed by atoms with Crippen molar-refractivity contribution < 1.29 is 24.2 Å². The minimum absolute atomic E-state index is 0.0143. The lowest BCUT2D eigenvalue weighted by Gasteiger charge is -2.24. The van der Waals surface area contributed by atoms with E-state index in [0.29, 0.717) is 41.7 Å². The predicted molar refractivity (Wildman–Crippen MR) is 129 cm³/mol. The summed E-state index contributed by atoms with van der Waals surface area (Å²) in [7, 11) is 0. The van der Waals surface area contributed by atoms with Gasteiger partial charge in [0, 0.05) is 11.8 Å². The first-order valence-corrected chi connectivity index (χ1v) is 10.8. The highest BCUT2D eigenvalue weighted by atomic mass is 16.5. The van der Waals surface area contributed by atoms with Crippen LogP contribution in [0.3, 0.4) is 0 Å². The van der Waals surface area contributed by atoms with Crippen molar-refractivity contribution in [3.63, 3.8) is 0 Å². The minimum atomic E-state index is -0.859. The summed E-state index contributed by atoms with van der Waals surface area (Å²) in [5.74, 6) is -0.245. The summed E-state index contributed by atoms with van der Waals surface area (Å²) in [6.45, 7) is 6.36. The lowest BCUT2D eigenvalue weighted by atomic mass is 9.95. The molecule has 172 valence electrons. The van der Waals surface area contributed by atoms with Crippen LogP contribution in [0.1, 0.15) is 24.1 Å². The van der Waals surface area contributed by atoms with Crippen molar-refractivity contribution in [1.29, 1.82) is 0 Å². The van der Waals surface area contributed by atoms with Crippen LogP contribution in [0, 0.1) is 0 Å². The molecular weight excluding hydrogens is 432 g/mol. The van der Waals surface area contributed by atoms with Crippen LogP contribution in [0.4, 0.5) is 5.82 Å². The number of hydrogen-bond donors (Lipinski definition) is 1. The van der Waals surface area contributed by atoms with Crippen LogP contribution in [0.25, 0.3) is 5.76 Å². The molecule has 0 saturated carbocycles. The third-order valence-corrected chi connectivity index (χ3v) is 5.34. The first-order valence-electron chi connectivity index (χ1n) is 10.8. The van der Waals surface area contributed by atoms with Gasteiger partial charge in [-0.05, 0) is 61.0 Å². The zero-order valence-electron chi connectivity index (χ0n) is 18.7. The fraction of sp³-hybridized carbons (Fsp3) is 0.148. The fourth-order valence-electron chi connectivity index (χ4n) is 3.81. The normalized spacial score (nSPS) is 17.0. The Labute approximate surface area is 197 Å². The summed E-state index contributed by atoms with van der Waals surface area (Å²) in [5.41, 5.74) is 1.02. The maximum absolute atomic E-state index is 13.2. The molecule has 7 heteroatoms. The van der Waals surface area contributed by atoms with E-state index in [9.17, 15) is 14.7 Å². The molecule has 1 aliphatic heterocycles. The van der Waals surface area contributed by atoms with Gasteiger partial charge < -0.3 is 14.6 Å². The minimum Gasteiger partial charge on any atom is -0.507 e. The van der Waals surface area contributed by atoms with Gasteiger partial charge in [-0.3, -0.25) is 14.5 Å². The Bertz CT molecular complexity index is 1220. The number of Topliss-reactive ketones (excluding diaryl/α,β-unsaturated/α-hetero) is 1. The molecule has 1 atom stereocenters. The summed E-state index contributed by atoms with van der Waals surface area (Å²) < 4.78 is 11.0. The van der Waals surface area contributed by atoms with E-state index in [1.165, 1.54) is 4.90 Å². The van der Waals surface area contributed by atoms with E-state index < -0.39 is 17.7 Å². The number of benzene rings is 2. The second kappa shape index (κ2) is 10.0. The van der Waals surface area contributed by atoms with Gasteiger partial charge in [-0.15, -0.1) is 0 Å². The number of ketones is 1. The number of aromatic nitrogens is 1. The number of carbonyl (C=O) groups excluding carboxylic acids is 2. The number of amides is 1. The van der Waals surface area contributed by atoms with E-state index in [1.807, 2.05) is 6.92 Å². The van der Waals surface area contributed by atoms with Crippen molar-refractivity contribution >= 4 is 23.3 Å². The number of nitrogens with zero attached hydrogens (tertiary/aromatic N) is 2. The third-order valence-electron chi connectivity index (χ3n) is 5.34. The van der Waals surface area contributed by atoms with Crippen molar-refractivity contribution in [3.8, 4) is 11.5 Å². The van der Waals surface area contributed by atoms with Crippen LogP contribution >= 0.6 is 0 Å². The van der Waals surface area contributed by atoms with Gasteiger partial charge in [-0.2, -0.15) is 0 Å². The van der Waals surface area contributed by atoms with Crippen LogP contribution in [0.2, 0.25) is 0 Å². The van der Waals surface area contributed by atoms with Crippen LogP contribution in [-0.4, -0.2) is 35.0 Å². The number of carbonyl (C=O) groups is 2. The van der Waals surface area contributed by atoms with Crippen LogP contribution < -0.4 is 14.4 Å². The number of aliphatic hydroxyl groups is 1. The molecular formula is C27H24N2O5. The van der Waals surface area contributed by atoms with Crippen molar-refractivity contribution in [2.24, 2.45) is 0 Å². The number of ether oxygens (including phenoxy) is 2. The number of rotatable bonds is 8. The number of aliphatic hydroxyl groups excluding tert-OH is 1. The molecule has 3 aromatic rings. The first-order chi connectivity index (χ1) is 16.5. The Kier molecular flexibility index (Phi) is 6.73. The molecule has 0 unspecified atom stereocenters. The summed E-state index contributed by atoms with van der Waals surface area (Å²) in [6, 6.07) is 18.0. The molecule has 34 heavy (non-hydrogen) atoms. The molecule has 1 amide bonds. The Morgan fingerprint density at radius 3 is 2.32 bits per heavy atom. The van der Waals surface area contributed by atoms with Crippen molar-refractivity contribution in [3.05, 3.63) is 102 Å². The third kappa shape index (κ3) is 4.41. The maximum Gasteiger partial charge on any atom is 0.301 e. The Morgan fingerprint density at radius 1 is 1.03 bits per heavy atom. The quantitative estimate of drug-likeness (QED) is 0.229. The van der Waals surface area contributed by atoms with Gasteiger partial charge in [-0.25, -0.2) is 4.98 Å². The molecule has 1 saturated heterocycles. The molecule has 1 aliphatic rings. The highest BCUT2D eigenvalue weighted by Gasteiger charge is 2.47. The Balaban J connectivity index is 1.82. The van der Waals surface area contributed by atoms with Crippen LogP contribution in [0.5, 0.6) is 11.5 Å². The molecule has 0 spiro atoms. The van der Waals surface area contributed by atoms with E-state index in [4.69, 9.17) is 9.47 Å². The van der Waals surface area contributed by atoms with Crippen molar-refractivity contribution in [2.75, 3.05) is 18.1 Å². The number of anilines is 1. The first kappa shape index (κ1) is 22.8. The molecule has 0 radical (unpaired) electrons. The van der Waals surface area contributed by atoms with E-state index >= 15 is 0 Å². The largest absolute Gasteiger partial charge is 0.507 e.